The van der Waals surface area contributed by atoms with Crippen molar-refractivity contribution in [2.45, 2.75) is 33.0 Å². The summed E-state index contributed by atoms with van der Waals surface area (Å²) >= 11 is 0. The fourth-order valence-corrected chi connectivity index (χ4v) is 2.50. The van der Waals surface area contributed by atoms with Crippen molar-refractivity contribution in [3.05, 3.63) is 47.1 Å². The number of hydrogen-bond acceptors (Lipinski definition) is 5. The molecular formula is C15H18N4O3. The zero-order chi connectivity index (χ0) is 15.5. The molecule has 1 atom stereocenters. The van der Waals surface area contributed by atoms with E-state index >= 15 is 0 Å². The van der Waals surface area contributed by atoms with Gasteiger partial charge in [-0.1, -0.05) is 0 Å². The average Bonchev–Trinajstić information content (AvgIpc) is 3.09. The van der Waals surface area contributed by atoms with Crippen LogP contribution in [0.2, 0.25) is 0 Å². The molecule has 3 aromatic rings. The Bertz CT molecular complexity index is 817. The average molecular weight is 302 g/mol. The number of aryl methyl sites for hydroxylation is 2. The molecule has 0 spiro atoms. The summed E-state index contributed by atoms with van der Waals surface area (Å²) in [5.74, 6) is 0.448. The van der Waals surface area contributed by atoms with Gasteiger partial charge < -0.3 is 13.7 Å². The first-order valence-electron chi connectivity index (χ1n) is 7.27. The lowest BCUT2D eigenvalue weighted by Gasteiger charge is -2.14. The first-order chi connectivity index (χ1) is 10.7. The fraction of sp³-hybridized carbons (Fsp3) is 0.400. The van der Waals surface area contributed by atoms with E-state index in [0.717, 1.165) is 5.82 Å². The molecule has 3 heterocycles. The lowest BCUT2D eigenvalue weighted by atomic mass is 10.3. The zero-order valence-electron chi connectivity index (χ0n) is 12.6. The maximum absolute atomic E-state index is 11.9. The predicted molar refractivity (Wildman–Crippen MR) is 80.5 cm³/mol. The van der Waals surface area contributed by atoms with Crippen molar-refractivity contribution in [3.8, 4) is 0 Å². The summed E-state index contributed by atoms with van der Waals surface area (Å²) in [6.45, 7) is 5.60. The number of pyridine rings is 1. The van der Waals surface area contributed by atoms with Crippen LogP contribution in [0.25, 0.3) is 11.2 Å². The van der Waals surface area contributed by atoms with E-state index in [-0.39, 0.29) is 6.10 Å². The van der Waals surface area contributed by atoms with Gasteiger partial charge in [-0.15, -0.1) is 0 Å². The molecule has 0 aliphatic rings. The molecule has 0 aliphatic carbocycles. The highest BCUT2D eigenvalue weighted by molar-refractivity contribution is 5.67. The Morgan fingerprint density at radius 1 is 1.32 bits per heavy atom. The molecule has 0 bridgehead atoms. The number of aromatic nitrogens is 4. The monoisotopic (exact) mass is 302 g/mol. The molecule has 7 heteroatoms. The Kier molecular flexibility index (Phi) is 4.06. The standard InChI is InChI=1S/C15H18N4O3/c1-3-21-11(2)13-17-7-8-18(13)9-10-19-14-12(22-15(19)20)5-4-6-16-14/h4-8,11H,3,9-10H2,1-2H3/t11-/m0/s1. The van der Waals surface area contributed by atoms with Crippen LogP contribution in [-0.4, -0.2) is 25.7 Å². The van der Waals surface area contributed by atoms with Crippen molar-refractivity contribution < 1.29 is 9.15 Å². The van der Waals surface area contributed by atoms with Crippen molar-refractivity contribution in [2.24, 2.45) is 0 Å². The maximum Gasteiger partial charge on any atom is 0.421 e. The van der Waals surface area contributed by atoms with Gasteiger partial charge in [-0.05, 0) is 26.0 Å². The summed E-state index contributed by atoms with van der Waals surface area (Å²) in [5, 5.41) is 0. The van der Waals surface area contributed by atoms with E-state index in [4.69, 9.17) is 9.15 Å². The lowest BCUT2D eigenvalue weighted by molar-refractivity contribution is 0.0672. The summed E-state index contributed by atoms with van der Waals surface area (Å²) in [7, 11) is 0. The predicted octanol–water partition coefficient (Wildman–Crippen LogP) is 1.98. The van der Waals surface area contributed by atoms with E-state index in [9.17, 15) is 4.79 Å². The summed E-state index contributed by atoms with van der Waals surface area (Å²) < 4.78 is 14.3. The van der Waals surface area contributed by atoms with Crippen LogP contribution in [0, 0.1) is 0 Å². The molecule has 116 valence electrons. The molecule has 0 saturated carbocycles. The molecule has 0 amide bonds. The molecule has 0 N–H and O–H groups in total. The van der Waals surface area contributed by atoms with E-state index in [1.165, 1.54) is 4.57 Å². The second-order valence-electron chi connectivity index (χ2n) is 4.92. The number of nitrogens with zero attached hydrogens (tertiary/aromatic N) is 4. The van der Waals surface area contributed by atoms with Crippen LogP contribution in [0.1, 0.15) is 25.8 Å². The van der Waals surface area contributed by atoms with Gasteiger partial charge in [0.15, 0.2) is 11.2 Å². The summed E-state index contributed by atoms with van der Waals surface area (Å²) in [5.41, 5.74) is 1.06. The van der Waals surface area contributed by atoms with Crippen LogP contribution >= 0.6 is 0 Å². The third-order valence-electron chi connectivity index (χ3n) is 3.52. The van der Waals surface area contributed by atoms with Gasteiger partial charge in [0.1, 0.15) is 11.9 Å². The maximum atomic E-state index is 11.9. The quantitative estimate of drug-likeness (QED) is 0.696. The van der Waals surface area contributed by atoms with Crippen molar-refractivity contribution in [2.75, 3.05) is 6.61 Å². The first-order valence-corrected chi connectivity index (χ1v) is 7.27. The molecule has 22 heavy (non-hydrogen) atoms. The minimum absolute atomic E-state index is 0.0871. The zero-order valence-corrected chi connectivity index (χ0v) is 12.6. The summed E-state index contributed by atoms with van der Waals surface area (Å²) in [4.78, 5) is 20.5. The number of hydrogen-bond donors (Lipinski definition) is 0. The number of imidazole rings is 1. The number of ether oxygens (including phenoxy) is 1. The van der Waals surface area contributed by atoms with Crippen molar-refractivity contribution >= 4 is 11.2 Å². The molecule has 0 radical (unpaired) electrons. The van der Waals surface area contributed by atoms with Crippen molar-refractivity contribution in [1.82, 2.24) is 19.1 Å². The summed E-state index contributed by atoms with van der Waals surface area (Å²) in [6.07, 6.45) is 5.18. The van der Waals surface area contributed by atoms with E-state index < -0.39 is 5.76 Å². The highest BCUT2D eigenvalue weighted by Crippen LogP contribution is 2.15. The Labute approximate surface area is 127 Å². The molecule has 0 aliphatic heterocycles. The van der Waals surface area contributed by atoms with Gasteiger partial charge in [0.05, 0.1) is 0 Å². The molecule has 0 unspecified atom stereocenters. The Hall–Kier alpha value is -2.41. The van der Waals surface area contributed by atoms with E-state index in [1.54, 1.807) is 24.5 Å². The highest BCUT2D eigenvalue weighted by atomic mass is 16.5. The van der Waals surface area contributed by atoms with Gasteiger partial charge in [-0.2, -0.15) is 0 Å². The molecule has 0 fully saturated rings. The topological polar surface area (TPSA) is 75.1 Å². The normalized spacial score (nSPS) is 12.8. The number of rotatable bonds is 6. The molecular weight excluding hydrogens is 284 g/mol. The molecule has 7 nitrogen and oxygen atoms in total. The van der Waals surface area contributed by atoms with Crippen LogP contribution < -0.4 is 5.76 Å². The van der Waals surface area contributed by atoms with Crippen molar-refractivity contribution in [1.29, 1.82) is 0 Å². The Morgan fingerprint density at radius 2 is 2.18 bits per heavy atom. The smallest absolute Gasteiger partial charge is 0.406 e. The minimum atomic E-state index is -0.395. The van der Waals surface area contributed by atoms with Gasteiger partial charge >= 0.3 is 5.76 Å². The second-order valence-corrected chi connectivity index (χ2v) is 4.92. The second kappa shape index (κ2) is 6.15. The van der Waals surface area contributed by atoms with E-state index in [1.807, 2.05) is 24.6 Å². The van der Waals surface area contributed by atoms with Gasteiger partial charge in [0, 0.05) is 38.3 Å². The van der Waals surface area contributed by atoms with Gasteiger partial charge in [0.25, 0.3) is 0 Å². The highest BCUT2D eigenvalue weighted by Gasteiger charge is 2.14. The minimum Gasteiger partial charge on any atom is -0.406 e. The first kappa shape index (κ1) is 14.5. The third kappa shape index (κ3) is 2.67. The van der Waals surface area contributed by atoms with Crippen molar-refractivity contribution in [3.63, 3.8) is 0 Å². The molecule has 3 aromatic heterocycles. The lowest BCUT2D eigenvalue weighted by Crippen LogP contribution is -2.19. The van der Waals surface area contributed by atoms with Crippen LogP contribution in [0.4, 0.5) is 0 Å². The van der Waals surface area contributed by atoms with E-state index in [0.29, 0.717) is 30.9 Å². The number of fused-ring (bicyclic) bond motifs is 1. The number of oxazole rings is 1. The van der Waals surface area contributed by atoms with Crippen LogP contribution in [0.3, 0.4) is 0 Å². The Morgan fingerprint density at radius 3 is 3.00 bits per heavy atom. The Balaban J connectivity index is 1.82. The summed E-state index contributed by atoms with van der Waals surface area (Å²) in [6, 6.07) is 3.48. The van der Waals surface area contributed by atoms with Gasteiger partial charge in [-0.3, -0.25) is 4.57 Å². The van der Waals surface area contributed by atoms with Crippen LogP contribution in [0.15, 0.2) is 39.9 Å². The largest absolute Gasteiger partial charge is 0.421 e. The third-order valence-corrected chi connectivity index (χ3v) is 3.52. The fourth-order valence-electron chi connectivity index (χ4n) is 2.50. The van der Waals surface area contributed by atoms with E-state index in [2.05, 4.69) is 9.97 Å². The van der Waals surface area contributed by atoms with Gasteiger partial charge in [-0.25, -0.2) is 14.8 Å². The van der Waals surface area contributed by atoms with Crippen LogP contribution in [-0.2, 0) is 17.8 Å². The SMILES string of the molecule is CCO[C@@H](C)c1nccn1CCn1c(=O)oc2cccnc21. The molecule has 0 saturated heterocycles. The van der Waals surface area contributed by atoms with Crippen LogP contribution in [0.5, 0.6) is 0 Å². The van der Waals surface area contributed by atoms with Gasteiger partial charge in [0.2, 0.25) is 0 Å². The molecule has 3 rings (SSSR count). The molecule has 0 aromatic carbocycles.